The van der Waals surface area contributed by atoms with Gasteiger partial charge in [-0.3, -0.25) is 4.99 Å². The van der Waals surface area contributed by atoms with E-state index in [1.807, 2.05) is 24.3 Å². The smallest absolute Gasteiger partial charge is 0.161 e. The molecule has 0 spiro atoms. The maximum absolute atomic E-state index is 5.35. The molecule has 0 saturated carbocycles. The van der Waals surface area contributed by atoms with Crippen molar-refractivity contribution in [2.45, 2.75) is 33.2 Å². The minimum absolute atomic E-state index is 0.217. The number of anilines is 1. The number of rotatable bonds is 2. The average Bonchev–Trinajstić information content (AvgIpc) is 2.39. The number of methoxy groups -OCH3 is 1. The van der Waals surface area contributed by atoms with E-state index in [0.717, 1.165) is 28.8 Å². The lowest BCUT2D eigenvalue weighted by Crippen LogP contribution is -2.30. The molecule has 1 heterocycles. The topological polar surface area (TPSA) is 33.6 Å². The number of thioether (sulfide) groups is 1. The van der Waals surface area contributed by atoms with Gasteiger partial charge < -0.3 is 10.1 Å². The molecule has 2 rings (SSSR count). The van der Waals surface area contributed by atoms with Gasteiger partial charge in [-0.05, 0) is 24.0 Å². The van der Waals surface area contributed by atoms with Gasteiger partial charge in [-0.2, -0.15) is 0 Å². The summed E-state index contributed by atoms with van der Waals surface area (Å²) in [7, 11) is 1.69. The van der Waals surface area contributed by atoms with Gasteiger partial charge >= 0.3 is 0 Å². The molecule has 1 aliphatic heterocycles. The molecule has 0 saturated heterocycles. The van der Waals surface area contributed by atoms with Crippen molar-refractivity contribution in [3.8, 4) is 5.75 Å². The van der Waals surface area contributed by atoms with Crippen molar-refractivity contribution < 1.29 is 4.74 Å². The maximum atomic E-state index is 5.35. The van der Waals surface area contributed by atoms with Gasteiger partial charge in [0.1, 0.15) is 5.75 Å². The molecule has 104 valence electrons. The fraction of sp³-hybridized carbons (Fsp3) is 0.533. The molecule has 0 fully saturated rings. The highest BCUT2D eigenvalue weighted by Crippen LogP contribution is 2.32. The Hall–Kier alpha value is -1.16. The second kappa shape index (κ2) is 5.87. The van der Waals surface area contributed by atoms with Crippen molar-refractivity contribution in [2.24, 2.45) is 10.4 Å². The van der Waals surface area contributed by atoms with Crippen molar-refractivity contribution in [3.05, 3.63) is 24.3 Å². The highest BCUT2D eigenvalue weighted by Gasteiger charge is 2.27. The normalized spacial score (nSPS) is 19.8. The number of amidine groups is 1. The minimum Gasteiger partial charge on any atom is -0.495 e. The number of benzene rings is 1. The number of ether oxygens (including phenoxy) is 1. The van der Waals surface area contributed by atoms with Crippen LogP contribution >= 0.6 is 11.8 Å². The third kappa shape index (κ3) is 3.66. The van der Waals surface area contributed by atoms with Crippen LogP contribution in [0.4, 0.5) is 5.69 Å². The Morgan fingerprint density at radius 2 is 2.05 bits per heavy atom. The van der Waals surface area contributed by atoms with Crippen LogP contribution < -0.4 is 10.1 Å². The molecule has 1 aromatic rings. The van der Waals surface area contributed by atoms with E-state index in [1.165, 1.54) is 0 Å². The van der Waals surface area contributed by atoms with Crippen molar-refractivity contribution in [1.82, 2.24) is 0 Å². The van der Waals surface area contributed by atoms with Gasteiger partial charge in [0.15, 0.2) is 5.17 Å². The zero-order valence-corrected chi connectivity index (χ0v) is 12.9. The summed E-state index contributed by atoms with van der Waals surface area (Å²) in [5.74, 6) is 1.96. The first-order chi connectivity index (χ1) is 9.00. The van der Waals surface area contributed by atoms with Crippen LogP contribution in [0.3, 0.4) is 0 Å². The first kappa shape index (κ1) is 14.3. The molecule has 4 heteroatoms. The molecule has 19 heavy (non-hydrogen) atoms. The monoisotopic (exact) mass is 278 g/mol. The Kier molecular flexibility index (Phi) is 4.40. The summed E-state index contributed by atoms with van der Waals surface area (Å²) in [4.78, 5) is 4.84. The fourth-order valence-corrected chi connectivity index (χ4v) is 2.99. The lowest BCUT2D eigenvalue weighted by Gasteiger charge is -2.31. The number of para-hydroxylation sites is 2. The van der Waals surface area contributed by atoms with Crippen molar-refractivity contribution in [1.29, 1.82) is 0 Å². The van der Waals surface area contributed by atoms with Gasteiger partial charge in [-0.25, -0.2) is 0 Å². The van der Waals surface area contributed by atoms with E-state index >= 15 is 0 Å². The summed E-state index contributed by atoms with van der Waals surface area (Å²) >= 11 is 1.78. The van der Waals surface area contributed by atoms with E-state index in [0.29, 0.717) is 6.04 Å². The number of hydrogen-bond donors (Lipinski definition) is 1. The van der Waals surface area contributed by atoms with Crippen molar-refractivity contribution in [3.63, 3.8) is 0 Å². The van der Waals surface area contributed by atoms with Crippen LogP contribution in [0, 0.1) is 5.41 Å². The summed E-state index contributed by atoms with van der Waals surface area (Å²) in [6.07, 6.45) is 1.14. The molecule has 0 amide bonds. The van der Waals surface area contributed by atoms with Crippen LogP contribution in [-0.2, 0) is 0 Å². The number of nitrogens with zero attached hydrogens (tertiary/aromatic N) is 1. The van der Waals surface area contributed by atoms with E-state index in [2.05, 4.69) is 26.1 Å². The van der Waals surface area contributed by atoms with Gasteiger partial charge in [-0.1, -0.05) is 44.7 Å². The quantitative estimate of drug-likeness (QED) is 0.887. The summed E-state index contributed by atoms with van der Waals surface area (Å²) < 4.78 is 5.35. The van der Waals surface area contributed by atoms with Gasteiger partial charge in [0.25, 0.3) is 0 Å². The predicted octanol–water partition coefficient (Wildman–Crippen LogP) is 4.01. The molecule has 0 bridgehead atoms. The Morgan fingerprint density at radius 1 is 1.32 bits per heavy atom. The molecule has 0 aliphatic carbocycles. The lowest BCUT2D eigenvalue weighted by molar-refractivity contribution is 0.316. The minimum atomic E-state index is 0.217. The Bertz CT molecular complexity index is 465. The van der Waals surface area contributed by atoms with Gasteiger partial charge in [0.05, 0.1) is 18.8 Å². The molecular formula is C15H22N2OS. The maximum Gasteiger partial charge on any atom is 0.161 e. The van der Waals surface area contributed by atoms with E-state index < -0.39 is 0 Å². The molecule has 0 aromatic heterocycles. The molecule has 1 aliphatic rings. The summed E-state index contributed by atoms with van der Waals surface area (Å²) in [5.41, 5.74) is 1.19. The molecule has 1 aromatic carbocycles. The molecular weight excluding hydrogens is 256 g/mol. The summed E-state index contributed by atoms with van der Waals surface area (Å²) in [6.45, 7) is 6.74. The lowest BCUT2D eigenvalue weighted by atomic mass is 9.85. The number of hydrogen-bond acceptors (Lipinski definition) is 4. The molecule has 1 atom stereocenters. The first-order valence-corrected chi connectivity index (χ1v) is 7.60. The molecule has 1 N–H and O–H groups in total. The summed E-state index contributed by atoms with van der Waals surface area (Å²) in [6, 6.07) is 8.32. The van der Waals surface area contributed by atoms with E-state index in [4.69, 9.17) is 9.73 Å². The van der Waals surface area contributed by atoms with E-state index in [-0.39, 0.29) is 5.41 Å². The Labute approximate surface area is 119 Å². The zero-order chi connectivity index (χ0) is 13.9. The van der Waals surface area contributed by atoms with Gasteiger partial charge in [0.2, 0.25) is 0 Å². The van der Waals surface area contributed by atoms with Crippen LogP contribution in [0.5, 0.6) is 5.75 Å². The first-order valence-electron chi connectivity index (χ1n) is 6.61. The second-order valence-corrected chi connectivity index (χ2v) is 6.86. The van der Waals surface area contributed by atoms with Crippen LogP contribution in [0.15, 0.2) is 29.3 Å². The predicted molar refractivity (Wildman–Crippen MR) is 84.4 cm³/mol. The SMILES string of the molecule is COc1ccccc1NC1=NC(C(C)(C)C)CCS1. The van der Waals surface area contributed by atoms with Gasteiger partial charge in [0, 0.05) is 5.75 Å². The van der Waals surface area contributed by atoms with Crippen molar-refractivity contribution >= 4 is 22.6 Å². The number of aliphatic imine (C=N–C) groups is 1. The van der Waals surface area contributed by atoms with E-state index in [9.17, 15) is 0 Å². The van der Waals surface area contributed by atoms with E-state index in [1.54, 1.807) is 18.9 Å². The fourth-order valence-electron chi connectivity index (χ4n) is 2.07. The van der Waals surface area contributed by atoms with Crippen LogP contribution in [0.1, 0.15) is 27.2 Å². The number of nitrogens with one attached hydrogen (secondary N) is 1. The highest BCUT2D eigenvalue weighted by atomic mass is 32.2. The Morgan fingerprint density at radius 3 is 2.74 bits per heavy atom. The molecule has 3 nitrogen and oxygen atoms in total. The van der Waals surface area contributed by atoms with Crippen LogP contribution in [0.25, 0.3) is 0 Å². The molecule has 1 unspecified atom stereocenters. The largest absolute Gasteiger partial charge is 0.495 e. The van der Waals surface area contributed by atoms with Crippen LogP contribution in [0.2, 0.25) is 0 Å². The zero-order valence-electron chi connectivity index (χ0n) is 12.1. The van der Waals surface area contributed by atoms with Gasteiger partial charge in [-0.15, -0.1) is 0 Å². The Balaban J connectivity index is 2.16. The molecule has 0 radical (unpaired) electrons. The standard InChI is InChI=1S/C15H22N2OS/c1-15(2,3)13-9-10-19-14(17-13)16-11-7-5-6-8-12(11)18-4/h5-8,13H,9-10H2,1-4H3,(H,16,17). The van der Waals surface area contributed by atoms with Crippen LogP contribution in [-0.4, -0.2) is 24.1 Å². The highest BCUT2D eigenvalue weighted by molar-refractivity contribution is 8.14. The summed E-state index contributed by atoms with van der Waals surface area (Å²) in [5, 5.41) is 4.39. The van der Waals surface area contributed by atoms with Crippen molar-refractivity contribution in [2.75, 3.05) is 18.2 Å². The third-order valence-electron chi connectivity index (χ3n) is 3.25. The second-order valence-electron chi connectivity index (χ2n) is 5.78. The average molecular weight is 278 g/mol. The third-order valence-corrected chi connectivity index (χ3v) is 4.17.